The van der Waals surface area contributed by atoms with Crippen LogP contribution in [0.3, 0.4) is 0 Å². The van der Waals surface area contributed by atoms with E-state index in [2.05, 4.69) is 20.9 Å². The molecule has 3 fully saturated rings. The van der Waals surface area contributed by atoms with Crippen molar-refractivity contribution < 1.29 is 24.0 Å². The van der Waals surface area contributed by atoms with Gasteiger partial charge in [-0.15, -0.1) is 0 Å². The number of aromatic nitrogens is 1. The second-order valence-corrected chi connectivity index (χ2v) is 13.2. The van der Waals surface area contributed by atoms with E-state index in [1.807, 2.05) is 39.0 Å². The van der Waals surface area contributed by atoms with Crippen molar-refractivity contribution in [2.45, 2.75) is 115 Å². The van der Waals surface area contributed by atoms with Gasteiger partial charge in [-0.1, -0.05) is 58.9 Å². The zero-order chi connectivity index (χ0) is 29.6. The Morgan fingerprint density at radius 1 is 1.05 bits per heavy atom. The number of nitrogens with one attached hydrogen (secondary N) is 3. The van der Waals surface area contributed by atoms with Crippen LogP contribution in [-0.4, -0.2) is 70.0 Å². The first-order chi connectivity index (χ1) is 19.5. The fourth-order valence-corrected chi connectivity index (χ4v) is 6.23. The number of nitrogens with zero attached hydrogens (tertiary/aromatic N) is 2. The number of urea groups is 1. The van der Waals surface area contributed by atoms with Gasteiger partial charge < -0.3 is 20.9 Å². The molecule has 2 saturated carbocycles. The van der Waals surface area contributed by atoms with Crippen LogP contribution in [0.5, 0.6) is 0 Å². The number of amides is 4. The van der Waals surface area contributed by atoms with E-state index in [0.29, 0.717) is 38.1 Å². The van der Waals surface area contributed by atoms with Crippen molar-refractivity contribution in [2.24, 2.45) is 11.3 Å². The lowest BCUT2D eigenvalue weighted by Crippen LogP contribution is -2.62. The van der Waals surface area contributed by atoms with E-state index >= 15 is 0 Å². The lowest BCUT2D eigenvalue weighted by molar-refractivity contribution is -0.142. The van der Waals surface area contributed by atoms with Gasteiger partial charge in [-0.25, -0.2) is 4.79 Å². The van der Waals surface area contributed by atoms with E-state index in [4.69, 9.17) is 0 Å². The van der Waals surface area contributed by atoms with E-state index in [9.17, 15) is 24.0 Å². The predicted octanol–water partition coefficient (Wildman–Crippen LogP) is 3.08. The number of carbonyl (C=O) groups is 5. The van der Waals surface area contributed by atoms with Gasteiger partial charge >= 0.3 is 6.03 Å². The molecule has 4 rings (SSSR count). The average Bonchev–Trinajstić information content (AvgIpc) is 3.62. The molecule has 224 valence electrons. The van der Waals surface area contributed by atoms with Crippen LogP contribution in [0, 0.1) is 11.3 Å². The maximum Gasteiger partial charge on any atom is 0.315 e. The van der Waals surface area contributed by atoms with Crippen LogP contribution in [0.2, 0.25) is 0 Å². The van der Waals surface area contributed by atoms with Crippen molar-refractivity contribution in [3.05, 3.63) is 30.1 Å². The first kappa shape index (κ1) is 30.7. The second kappa shape index (κ2) is 13.1. The molecule has 0 radical (unpaired) electrons. The molecule has 1 aromatic rings. The van der Waals surface area contributed by atoms with Gasteiger partial charge in [0.15, 0.2) is 6.29 Å². The van der Waals surface area contributed by atoms with Gasteiger partial charge in [-0.3, -0.25) is 24.2 Å². The highest BCUT2D eigenvalue weighted by molar-refractivity contribution is 6.28. The molecule has 3 aliphatic rings. The SMILES string of the molecule is CC(C)(C)C(NC(=O)NC1(Cc2ccccn2)CCCCC1)C(=O)N1CCCC1C(=O)NC(CC1CC1)C(=O)C=O. The molecule has 10 heteroatoms. The number of ketones is 1. The number of hydrogen-bond acceptors (Lipinski definition) is 6. The third-order valence-corrected chi connectivity index (χ3v) is 8.70. The van der Waals surface area contributed by atoms with E-state index in [-0.39, 0.29) is 12.2 Å². The molecule has 41 heavy (non-hydrogen) atoms. The van der Waals surface area contributed by atoms with Gasteiger partial charge in [-0.2, -0.15) is 0 Å². The van der Waals surface area contributed by atoms with Gasteiger partial charge in [-0.05, 0) is 55.6 Å². The Morgan fingerprint density at radius 3 is 2.39 bits per heavy atom. The average molecular weight is 568 g/mol. The van der Waals surface area contributed by atoms with Crippen LogP contribution in [0.4, 0.5) is 4.79 Å². The molecule has 2 heterocycles. The maximum absolute atomic E-state index is 13.9. The third-order valence-electron chi connectivity index (χ3n) is 8.70. The lowest BCUT2D eigenvalue weighted by Gasteiger charge is -2.40. The molecule has 2 aliphatic carbocycles. The standard InChI is InChI=1S/C31H45N5O5/c1-30(2,3)26(34-29(41)35-31(14-6-4-7-15-31)19-22-10-5-8-16-32-22)28(40)36-17-9-11-24(36)27(39)33-23(25(38)20-37)18-21-12-13-21/h5,8,10,16,20-21,23-24,26H,4,6-7,9,11-15,17-19H2,1-3H3,(H,33,39)(H2,34,35,41). The topological polar surface area (TPSA) is 138 Å². The van der Waals surface area contributed by atoms with E-state index in [1.165, 1.54) is 4.90 Å². The van der Waals surface area contributed by atoms with Gasteiger partial charge in [0.25, 0.3) is 0 Å². The number of carbonyl (C=O) groups excluding carboxylic acids is 5. The molecule has 0 aromatic carbocycles. The molecule has 1 aliphatic heterocycles. The number of likely N-dealkylation sites (tertiary alicyclic amines) is 1. The van der Waals surface area contributed by atoms with Crippen LogP contribution in [0.25, 0.3) is 0 Å². The summed E-state index contributed by atoms with van der Waals surface area (Å²) in [6, 6.07) is 2.89. The molecule has 1 aromatic heterocycles. The Labute approximate surface area is 242 Å². The highest BCUT2D eigenvalue weighted by atomic mass is 16.2. The summed E-state index contributed by atoms with van der Waals surface area (Å²) in [6.07, 6.45) is 10.9. The number of Topliss-reactive ketones (excluding diaryl/α,β-unsaturated/α-hetero) is 1. The first-order valence-electron chi connectivity index (χ1n) is 15.1. The molecule has 0 spiro atoms. The van der Waals surface area contributed by atoms with Crippen molar-refractivity contribution in [2.75, 3.05) is 6.54 Å². The molecule has 3 N–H and O–H groups in total. The molecule has 0 bridgehead atoms. The fraction of sp³-hybridized carbons (Fsp3) is 0.677. The minimum atomic E-state index is -0.870. The molecule has 3 atom stereocenters. The Hall–Kier alpha value is -3.30. The molecular weight excluding hydrogens is 522 g/mol. The van der Waals surface area contributed by atoms with Crippen LogP contribution in [0.1, 0.15) is 90.7 Å². The molecule has 3 unspecified atom stereocenters. The summed E-state index contributed by atoms with van der Waals surface area (Å²) >= 11 is 0. The third kappa shape index (κ3) is 8.14. The summed E-state index contributed by atoms with van der Waals surface area (Å²) < 4.78 is 0. The van der Waals surface area contributed by atoms with E-state index < -0.39 is 46.8 Å². The monoisotopic (exact) mass is 567 g/mol. The smallest absolute Gasteiger partial charge is 0.315 e. The van der Waals surface area contributed by atoms with Crippen molar-refractivity contribution in [3.63, 3.8) is 0 Å². The Balaban J connectivity index is 1.45. The normalized spacial score (nSPS) is 21.8. The highest BCUT2D eigenvalue weighted by Gasteiger charge is 2.44. The number of rotatable bonds is 11. The summed E-state index contributed by atoms with van der Waals surface area (Å²) in [5, 5.41) is 8.93. The van der Waals surface area contributed by atoms with Crippen molar-refractivity contribution in [1.82, 2.24) is 25.8 Å². The Kier molecular flexibility index (Phi) is 9.81. The van der Waals surface area contributed by atoms with Crippen molar-refractivity contribution in [3.8, 4) is 0 Å². The minimum Gasteiger partial charge on any atom is -0.344 e. The first-order valence-corrected chi connectivity index (χ1v) is 15.1. The Morgan fingerprint density at radius 2 is 1.78 bits per heavy atom. The molecule has 4 amide bonds. The molecule has 1 saturated heterocycles. The van der Waals surface area contributed by atoms with Crippen LogP contribution in [-0.2, 0) is 25.6 Å². The quantitative estimate of drug-likeness (QED) is 0.278. The minimum absolute atomic E-state index is 0.260. The zero-order valence-electron chi connectivity index (χ0n) is 24.6. The van der Waals surface area contributed by atoms with Gasteiger partial charge in [0.05, 0.1) is 6.04 Å². The number of aldehydes is 1. The van der Waals surface area contributed by atoms with E-state index in [0.717, 1.165) is 50.6 Å². The van der Waals surface area contributed by atoms with Crippen molar-refractivity contribution >= 4 is 29.9 Å². The van der Waals surface area contributed by atoms with Gasteiger partial charge in [0, 0.05) is 30.4 Å². The fourth-order valence-electron chi connectivity index (χ4n) is 6.23. The molecule has 10 nitrogen and oxygen atoms in total. The Bertz CT molecular complexity index is 1110. The lowest BCUT2D eigenvalue weighted by atomic mass is 9.78. The maximum atomic E-state index is 13.9. The number of pyridine rings is 1. The van der Waals surface area contributed by atoms with Crippen LogP contribution >= 0.6 is 0 Å². The van der Waals surface area contributed by atoms with Crippen LogP contribution in [0.15, 0.2) is 24.4 Å². The summed E-state index contributed by atoms with van der Waals surface area (Å²) in [5.41, 5.74) is -0.155. The predicted molar refractivity (Wildman–Crippen MR) is 154 cm³/mol. The summed E-state index contributed by atoms with van der Waals surface area (Å²) in [6.45, 7) is 6.05. The molecular formula is C31H45N5O5. The van der Waals surface area contributed by atoms with E-state index in [1.54, 1.807) is 6.20 Å². The zero-order valence-corrected chi connectivity index (χ0v) is 24.6. The summed E-state index contributed by atoms with van der Waals surface area (Å²) in [5.74, 6) is -1.06. The van der Waals surface area contributed by atoms with Gasteiger partial charge in [0.1, 0.15) is 12.1 Å². The summed E-state index contributed by atoms with van der Waals surface area (Å²) in [7, 11) is 0. The van der Waals surface area contributed by atoms with Crippen LogP contribution < -0.4 is 16.0 Å². The largest absolute Gasteiger partial charge is 0.344 e. The second-order valence-electron chi connectivity index (χ2n) is 13.2. The highest BCUT2D eigenvalue weighted by Crippen LogP contribution is 2.34. The summed E-state index contributed by atoms with van der Waals surface area (Å²) in [4.78, 5) is 70.1. The number of hydrogen-bond donors (Lipinski definition) is 3. The van der Waals surface area contributed by atoms with Gasteiger partial charge in [0.2, 0.25) is 17.6 Å². The van der Waals surface area contributed by atoms with Crippen molar-refractivity contribution in [1.29, 1.82) is 0 Å².